The zero-order chi connectivity index (χ0) is 21.7. The average molecular weight is 457 g/mol. The van der Waals surface area contributed by atoms with E-state index in [2.05, 4.69) is 15.4 Å². The van der Waals surface area contributed by atoms with Crippen LogP contribution >= 0.6 is 22.9 Å². The molecule has 0 bridgehead atoms. The highest BCUT2D eigenvalue weighted by molar-refractivity contribution is 7.20. The maximum absolute atomic E-state index is 14.6. The van der Waals surface area contributed by atoms with E-state index in [4.69, 9.17) is 16.3 Å². The van der Waals surface area contributed by atoms with Crippen molar-refractivity contribution < 1.29 is 13.9 Å². The Morgan fingerprint density at radius 1 is 1.32 bits per heavy atom. The van der Waals surface area contributed by atoms with Crippen molar-refractivity contribution in [3.05, 3.63) is 64.1 Å². The van der Waals surface area contributed by atoms with Crippen LogP contribution in [0.15, 0.2) is 36.4 Å². The molecule has 0 saturated carbocycles. The van der Waals surface area contributed by atoms with Crippen molar-refractivity contribution in [2.45, 2.75) is 26.2 Å². The molecule has 1 aliphatic rings. The quantitative estimate of drug-likeness (QED) is 0.443. The zero-order valence-corrected chi connectivity index (χ0v) is 18.4. The Kier molecular flexibility index (Phi) is 4.91. The van der Waals surface area contributed by atoms with Gasteiger partial charge in [0.15, 0.2) is 0 Å². The summed E-state index contributed by atoms with van der Waals surface area (Å²) in [5.41, 5.74) is 2.67. The number of carbonyl (C=O) groups excluding carboxylic acids is 1. The number of ether oxygens (including phenoxy) is 1. The lowest BCUT2D eigenvalue weighted by Crippen LogP contribution is -2.25. The average Bonchev–Trinajstić information content (AvgIpc) is 3.30. The number of aromatic nitrogens is 3. The highest BCUT2D eigenvalue weighted by atomic mass is 35.5. The van der Waals surface area contributed by atoms with Gasteiger partial charge < -0.3 is 10.1 Å². The van der Waals surface area contributed by atoms with E-state index in [1.54, 1.807) is 10.7 Å². The molecule has 0 aliphatic carbocycles. The number of fused-ring (bicyclic) bond motifs is 2. The van der Waals surface area contributed by atoms with Crippen LogP contribution in [-0.4, -0.2) is 27.3 Å². The minimum absolute atomic E-state index is 0.119. The Morgan fingerprint density at radius 2 is 2.16 bits per heavy atom. The van der Waals surface area contributed by atoms with Crippen LogP contribution in [0.5, 0.6) is 5.75 Å². The molecular formula is C22H18ClFN4O2S. The molecule has 2 aromatic carbocycles. The Hall–Kier alpha value is -2.97. The van der Waals surface area contributed by atoms with Gasteiger partial charge in [0.05, 0.1) is 22.5 Å². The summed E-state index contributed by atoms with van der Waals surface area (Å²) in [6.07, 6.45) is 0.119. The smallest absolute Gasteiger partial charge is 0.226 e. The van der Waals surface area contributed by atoms with Gasteiger partial charge in [-0.05, 0) is 55.8 Å². The molecule has 0 saturated heterocycles. The van der Waals surface area contributed by atoms with Gasteiger partial charge in [-0.3, -0.25) is 4.79 Å². The van der Waals surface area contributed by atoms with E-state index < -0.39 is 11.7 Å². The van der Waals surface area contributed by atoms with E-state index in [0.29, 0.717) is 33.8 Å². The monoisotopic (exact) mass is 456 g/mol. The first kappa shape index (κ1) is 20.0. The lowest BCUT2D eigenvalue weighted by Gasteiger charge is -2.24. The molecule has 158 valence electrons. The van der Waals surface area contributed by atoms with Crippen LogP contribution in [0.4, 0.5) is 10.2 Å². The third kappa shape index (κ3) is 3.45. The minimum Gasteiger partial charge on any atom is -0.494 e. The third-order valence-corrected chi connectivity index (χ3v) is 6.51. The van der Waals surface area contributed by atoms with Crippen LogP contribution in [0.1, 0.15) is 36.1 Å². The van der Waals surface area contributed by atoms with Crippen molar-refractivity contribution in [1.82, 2.24) is 14.8 Å². The fourth-order valence-electron chi connectivity index (χ4n) is 3.97. The molecule has 5 rings (SSSR count). The number of rotatable bonds is 4. The maximum atomic E-state index is 14.6. The van der Waals surface area contributed by atoms with Gasteiger partial charge in [-0.15, -0.1) is 0 Å². The largest absolute Gasteiger partial charge is 0.494 e. The van der Waals surface area contributed by atoms with E-state index in [0.717, 1.165) is 21.5 Å². The van der Waals surface area contributed by atoms with Crippen LogP contribution in [0.2, 0.25) is 5.02 Å². The fraction of sp³-hybridized carbons (Fsp3) is 0.227. The first-order valence-corrected chi connectivity index (χ1v) is 11.0. The fourth-order valence-corrected chi connectivity index (χ4v) is 5.11. The summed E-state index contributed by atoms with van der Waals surface area (Å²) >= 11 is 7.56. The van der Waals surface area contributed by atoms with Crippen LogP contribution in [-0.2, 0) is 4.79 Å². The van der Waals surface area contributed by atoms with Gasteiger partial charge in [0.1, 0.15) is 17.4 Å². The number of hydrogen-bond acceptors (Lipinski definition) is 5. The number of nitrogens with one attached hydrogen (secondary N) is 1. The predicted molar refractivity (Wildman–Crippen MR) is 119 cm³/mol. The molecule has 3 heterocycles. The Balaban J connectivity index is 1.64. The summed E-state index contributed by atoms with van der Waals surface area (Å²) in [7, 11) is 0. The molecule has 0 radical (unpaired) electrons. The molecular weight excluding hydrogens is 439 g/mol. The van der Waals surface area contributed by atoms with Crippen molar-refractivity contribution in [2.75, 3.05) is 11.9 Å². The van der Waals surface area contributed by atoms with Gasteiger partial charge in [0, 0.05) is 22.9 Å². The normalized spacial score (nSPS) is 15.7. The Labute approximate surface area is 186 Å². The lowest BCUT2D eigenvalue weighted by atomic mass is 9.85. The molecule has 1 atom stereocenters. The van der Waals surface area contributed by atoms with Gasteiger partial charge in [-0.2, -0.15) is 9.78 Å². The summed E-state index contributed by atoms with van der Waals surface area (Å²) < 4.78 is 22.8. The van der Waals surface area contributed by atoms with E-state index in [1.807, 2.05) is 32.0 Å². The number of anilines is 1. The van der Waals surface area contributed by atoms with Gasteiger partial charge in [0.25, 0.3) is 0 Å². The summed E-state index contributed by atoms with van der Waals surface area (Å²) in [4.78, 5) is 17.2. The molecule has 2 aromatic heterocycles. The zero-order valence-electron chi connectivity index (χ0n) is 16.8. The van der Waals surface area contributed by atoms with E-state index >= 15 is 0 Å². The van der Waals surface area contributed by atoms with Crippen LogP contribution in [0.25, 0.3) is 15.3 Å². The van der Waals surface area contributed by atoms with Crippen LogP contribution < -0.4 is 10.1 Å². The Morgan fingerprint density at radius 3 is 2.97 bits per heavy atom. The molecule has 1 aliphatic heterocycles. The van der Waals surface area contributed by atoms with Crippen molar-refractivity contribution in [3.8, 4) is 10.9 Å². The number of aryl methyl sites for hydroxylation is 1. The lowest BCUT2D eigenvalue weighted by molar-refractivity contribution is -0.116. The molecule has 0 fully saturated rings. The second kappa shape index (κ2) is 7.62. The number of thiazole rings is 1. The van der Waals surface area contributed by atoms with Gasteiger partial charge >= 0.3 is 0 Å². The molecule has 1 N–H and O–H groups in total. The first-order valence-electron chi connectivity index (χ1n) is 9.82. The number of nitrogens with zero attached hydrogens (tertiary/aromatic N) is 3. The second-order valence-electron chi connectivity index (χ2n) is 7.29. The number of hydrogen-bond donors (Lipinski definition) is 1. The van der Waals surface area contributed by atoms with Gasteiger partial charge in [-0.25, -0.2) is 9.37 Å². The molecule has 9 heteroatoms. The van der Waals surface area contributed by atoms with Crippen LogP contribution in [0.3, 0.4) is 0 Å². The highest BCUT2D eigenvalue weighted by Crippen LogP contribution is 2.42. The molecule has 1 amide bonds. The summed E-state index contributed by atoms with van der Waals surface area (Å²) in [5, 5.41) is 8.58. The SMILES string of the molecule is CCOc1ccc2nc(-n3nc(C)c4c3NC(=O)CC4c3cc(Cl)ccc3F)sc2c1. The van der Waals surface area contributed by atoms with Gasteiger partial charge in [-0.1, -0.05) is 22.9 Å². The van der Waals surface area contributed by atoms with Gasteiger partial charge in [0.2, 0.25) is 11.0 Å². The Bertz CT molecular complexity index is 1330. The number of benzene rings is 2. The molecule has 31 heavy (non-hydrogen) atoms. The van der Waals surface area contributed by atoms with Crippen LogP contribution in [0, 0.1) is 12.7 Å². The summed E-state index contributed by atoms with van der Waals surface area (Å²) in [5.74, 6) is 0.203. The van der Waals surface area contributed by atoms with E-state index in [1.165, 1.54) is 23.5 Å². The van der Waals surface area contributed by atoms with E-state index in [9.17, 15) is 9.18 Å². The predicted octanol–water partition coefficient (Wildman–Crippen LogP) is 5.46. The minimum atomic E-state index is -0.477. The van der Waals surface area contributed by atoms with Crippen molar-refractivity contribution in [2.24, 2.45) is 0 Å². The highest BCUT2D eigenvalue weighted by Gasteiger charge is 2.34. The topological polar surface area (TPSA) is 69.0 Å². The standard InChI is InChI=1S/C22H18ClFN4O2S/c1-3-30-13-5-7-17-18(9-13)31-22(25-17)28-21-20(11(2)27-28)15(10-19(29)26-21)14-8-12(23)4-6-16(14)24/h4-9,15H,3,10H2,1-2H3,(H,26,29). The number of amides is 1. The molecule has 0 spiro atoms. The molecule has 1 unspecified atom stereocenters. The first-order chi connectivity index (χ1) is 14.9. The second-order valence-corrected chi connectivity index (χ2v) is 8.73. The van der Waals surface area contributed by atoms with Crippen molar-refractivity contribution in [1.29, 1.82) is 0 Å². The number of carbonyl (C=O) groups is 1. The van der Waals surface area contributed by atoms with E-state index in [-0.39, 0.29) is 12.3 Å². The summed E-state index contributed by atoms with van der Waals surface area (Å²) in [6.45, 7) is 4.36. The van der Waals surface area contributed by atoms with Crippen molar-refractivity contribution >= 4 is 44.9 Å². The summed E-state index contributed by atoms with van der Waals surface area (Å²) in [6, 6.07) is 10.1. The maximum Gasteiger partial charge on any atom is 0.226 e. The number of halogens is 2. The molecule has 6 nitrogen and oxygen atoms in total. The van der Waals surface area contributed by atoms with Crippen molar-refractivity contribution in [3.63, 3.8) is 0 Å². The molecule has 4 aromatic rings. The third-order valence-electron chi connectivity index (χ3n) is 5.28.